The fraction of sp³-hybridized carbons (Fsp3) is 0.125. The minimum atomic E-state index is -0.327. The Kier molecular flexibility index (Phi) is 5.06. The zero-order valence-electron chi connectivity index (χ0n) is 18.1. The molecular weight excluding hydrogens is 418 g/mol. The van der Waals surface area contributed by atoms with E-state index in [-0.39, 0.29) is 23.8 Å². The first-order valence-corrected chi connectivity index (χ1v) is 10.4. The van der Waals surface area contributed by atoms with Gasteiger partial charge in [-0.05, 0) is 23.6 Å². The number of anilines is 1. The Morgan fingerprint density at radius 3 is 2.55 bits per heavy atom. The van der Waals surface area contributed by atoms with Crippen LogP contribution in [0, 0.1) is 6.92 Å². The molecule has 0 aliphatic rings. The molecule has 0 fully saturated rings. The van der Waals surface area contributed by atoms with Crippen LogP contribution in [0.5, 0.6) is 0 Å². The number of amides is 1. The minimum Gasteiger partial charge on any atom is -0.310 e. The highest BCUT2D eigenvalue weighted by Crippen LogP contribution is 2.20. The van der Waals surface area contributed by atoms with Gasteiger partial charge in [0.25, 0.3) is 5.56 Å². The molecule has 0 spiro atoms. The zero-order chi connectivity index (χ0) is 22.9. The van der Waals surface area contributed by atoms with Crippen molar-refractivity contribution in [1.29, 1.82) is 0 Å². The van der Waals surface area contributed by atoms with Crippen LogP contribution >= 0.6 is 0 Å². The molecule has 0 saturated carbocycles. The van der Waals surface area contributed by atoms with Crippen molar-refractivity contribution in [3.8, 4) is 17.1 Å². The van der Waals surface area contributed by atoms with Gasteiger partial charge < -0.3 is 5.32 Å². The Hall–Kier alpha value is -4.53. The quantitative estimate of drug-likeness (QED) is 0.437. The van der Waals surface area contributed by atoms with Crippen molar-refractivity contribution in [2.24, 2.45) is 7.05 Å². The first kappa shape index (κ1) is 20.4. The summed E-state index contributed by atoms with van der Waals surface area (Å²) in [4.78, 5) is 32.4. The van der Waals surface area contributed by atoms with Crippen LogP contribution in [0.1, 0.15) is 11.3 Å². The maximum absolute atomic E-state index is 12.8. The van der Waals surface area contributed by atoms with Gasteiger partial charge in [0.15, 0.2) is 5.65 Å². The molecule has 5 aromatic rings. The first-order valence-electron chi connectivity index (χ1n) is 10.4. The molecule has 2 aromatic carbocycles. The van der Waals surface area contributed by atoms with Crippen LogP contribution < -0.4 is 10.9 Å². The monoisotopic (exact) mass is 439 g/mol. The largest absolute Gasteiger partial charge is 0.310 e. The number of nitrogens with zero attached hydrogens (tertiary/aromatic N) is 5. The number of benzene rings is 2. The lowest BCUT2D eigenvalue weighted by Gasteiger charge is -2.09. The van der Waals surface area contributed by atoms with Gasteiger partial charge in [0.1, 0.15) is 11.2 Å². The Labute approximate surface area is 188 Å². The lowest BCUT2D eigenvalue weighted by molar-refractivity contribution is -0.115. The van der Waals surface area contributed by atoms with Crippen molar-refractivity contribution in [3.63, 3.8) is 0 Å². The molecule has 0 atom stereocenters. The van der Waals surface area contributed by atoms with E-state index < -0.39 is 0 Å². The average Bonchev–Trinajstić information content (AvgIpc) is 3.37. The van der Waals surface area contributed by atoms with Crippen molar-refractivity contribution in [2.45, 2.75) is 13.3 Å². The Balaban J connectivity index is 1.37. The third-order valence-electron chi connectivity index (χ3n) is 5.31. The van der Waals surface area contributed by atoms with Crippen molar-refractivity contribution >= 4 is 22.8 Å². The smallest absolute Gasteiger partial charge is 0.263 e. The van der Waals surface area contributed by atoms with Crippen molar-refractivity contribution < 1.29 is 4.79 Å². The van der Waals surface area contributed by atoms with Crippen molar-refractivity contribution in [2.75, 3.05) is 5.32 Å². The molecule has 9 heteroatoms. The van der Waals surface area contributed by atoms with Gasteiger partial charge in [-0.3, -0.25) is 19.3 Å². The molecule has 0 saturated heterocycles. The second-order valence-electron chi connectivity index (χ2n) is 7.77. The standard InChI is InChI=1S/C24H21N7O2/c1-15-12-20(31(29-15)24-27-22-19(23(33)28-24)14-25-30(22)2)26-21(32)13-16-8-10-18(11-9-16)17-6-4-3-5-7-17/h3-12,14H,13H2,1-2H3,(H,26,32)(H,27,28,33). The Morgan fingerprint density at radius 1 is 1.06 bits per heavy atom. The summed E-state index contributed by atoms with van der Waals surface area (Å²) >= 11 is 0. The van der Waals surface area contributed by atoms with Crippen LogP contribution in [0.25, 0.3) is 28.1 Å². The van der Waals surface area contributed by atoms with Crippen molar-refractivity contribution in [1.82, 2.24) is 29.5 Å². The van der Waals surface area contributed by atoms with Gasteiger partial charge in [-0.25, -0.2) is 0 Å². The first-order chi connectivity index (χ1) is 16.0. The third-order valence-corrected chi connectivity index (χ3v) is 5.31. The van der Waals surface area contributed by atoms with Crippen LogP contribution in [0.4, 0.5) is 5.82 Å². The number of nitrogens with one attached hydrogen (secondary N) is 2. The molecule has 0 aliphatic carbocycles. The van der Waals surface area contributed by atoms with Gasteiger partial charge in [-0.1, -0.05) is 54.6 Å². The van der Waals surface area contributed by atoms with Gasteiger partial charge >= 0.3 is 0 Å². The van der Waals surface area contributed by atoms with E-state index in [4.69, 9.17) is 0 Å². The number of aromatic nitrogens is 6. The highest BCUT2D eigenvalue weighted by Gasteiger charge is 2.16. The summed E-state index contributed by atoms with van der Waals surface area (Å²) in [5.74, 6) is 0.419. The van der Waals surface area contributed by atoms with E-state index in [2.05, 4.69) is 25.5 Å². The number of aromatic amines is 1. The van der Waals surface area contributed by atoms with E-state index >= 15 is 0 Å². The molecular formula is C24H21N7O2. The van der Waals surface area contributed by atoms with Crippen molar-refractivity contribution in [3.05, 3.63) is 88.5 Å². The number of fused-ring (bicyclic) bond motifs is 1. The summed E-state index contributed by atoms with van der Waals surface area (Å²) in [7, 11) is 1.71. The van der Waals surface area contributed by atoms with E-state index in [1.807, 2.05) is 54.6 Å². The zero-order valence-corrected chi connectivity index (χ0v) is 18.1. The number of H-pyrrole nitrogens is 1. The van der Waals surface area contributed by atoms with Crippen LogP contribution in [0.15, 0.2) is 71.7 Å². The van der Waals surface area contributed by atoms with Gasteiger partial charge in [0.05, 0.1) is 18.3 Å². The summed E-state index contributed by atoms with van der Waals surface area (Å²) in [6.45, 7) is 1.80. The number of hydrogen-bond acceptors (Lipinski definition) is 5. The van der Waals surface area contributed by atoms with E-state index in [1.165, 1.54) is 15.6 Å². The maximum atomic E-state index is 12.8. The predicted octanol–water partition coefficient (Wildman–Crippen LogP) is 3.00. The molecule has 33 heavy (non-hydrogen) atoms. The normalized spacial score (nSPS) is 11.1. The molecule has 0 aliphatic heterocycles. The molecule has 5 rings (SSSR count). The van der Waals surface area contributed by atoms with E-state index in [0.717, 1.165) is 16.7 Å². The number of carbonyl (C=O) groups is 1. The fourth-order valence-corrected chi connectivity index (χ4v) is 3.69. The third kappa shape index (κ3) is 4.03. The van der Waals surface area contributed by atoms with Gasteiger partial charge in [0, 0.05) is 13.1 Å². The van der Waals surface area contributed by atoms with E-state index in [9.17, 15) is 9.59 Å². The van der Waals surface area contributed by atoms with Gasteiger partial charge in [-0.2, -0.15) is 19.9 Å². The van der Waals surface area contributed by atoms with Crippen LogP contribution in [0.3, 0.4) is 0 Å². The van der Waals surface area contributed by atoms with E-state index in [1.54, 1.807) is 20.0 Å². The summed E-state index contributed by atoms with van der Waals surface area (Å²) in [5.41, 5.74) is 3.88. The summed E-state index contributed by atoms with van der Waals surface area (Å²) in [5, 5.41) is 11.7. The number of rotatable bonds is 5. The molecule has 3 aromatic heterocycles. The SMILES string of the molecule is Cc1cc(NC(=O)Cc2ccc(-c3ccccc3)cc2)n(-c2nc3c(cnn3C)c(=O)[nH]2)n1. The summed E-state index contributed by atoms with van der Waals surface area (Å²) in [6.07, 6.45) is 1.66. The lowest BCUT2D eigenvalue weighted by Crippen LogP contribution is -2.20. The average molecular weight is 439 g/mol. The highest BCUT2D eigenvalue weighted by atomic mass is 16.1. The number of carbonyl (C=O) groups excluding carboxylic acids is 1. The highest BCUT2D eigenvalue weighted by molar-refractivity contribution is 5.92. The molecule has 0 unspecified atom stereocenters. The van der Waals surface area contributed by atoms with Crippen LogP contribution in [-0.4, -0.2) is 35.4 Å². The van der Waals surface area contributed by atoms with Gasteiger partial charge in [-0.15, -0.1) is 0 Å². The molecule has 1 amide bonds. The number of hydrogen-bond donors (Lipinski definition) is 2. The Bertz CT molecular complexity index is 1510. The van der Waals surface area contributed by atoms with Crippen LogP contribution in [0.2, 0.25) is 0 Å². The minimum absolute atomic E-state index is 0.198. The number of aryl methyl sites for hydroxylation is 2. The molecule has 0 radical (unpaired) electrons. The van der Waals surface area contributed by atoms with Gasteiger partial charge in [0.2, 0.25) is 11.9 Å². The van der Waals surface area contributed by atoms with Crippen LogP contribution in [-0.2, 0) is 18.3 Å². The fourth-order valence-electron chi connectivity index (χ4n) is 3.69. The Morgan fingerprint density at radius 2 is 1.79 bits per heavy atom. The molecule has 0 bridgehead atoms. The second kappa shape index (κ2) is 8.19. The summed E-state index contributed by atoms with van der Waals surface area (Å²) < 4.78 is 2.93. The van der Waals surface area contributed by atoms with E-state index in [0.29, 0.717) is 22.5 Å². The molecule has 3 heterocycles. The molecule has 164 valence electrons. The second-order valence-corrected chi connectivity index (χ2v) is 7.77. The molecule has 2 N–H and O–H groups in total. The maximum Gasteiger partial charge on any atom is 0.263 e. The topological polar surface area (TPSA) is 110 Å². The summed E-state index contributed by atoms with van der Waals surface area (Å²) in [6, 6.07) is 19.7. The molecule has 9 nitrogen and oxygen atoms in total. The predicted molar refractivity (Wildman–Crippen MR) is 125 cm³/mol. The lowest BCUT2D eigenvalue weighted by atomic mass is 10.0.